The van der Waals surface area contributed by atoms with Gasteiger partial charge < -0.3 is 14.2 Å². The number of rotatable bonds is 7. The SMILES string of the molecule is COC(=O)[C@H](CC(=O)c1ccc(OC)cc1)c1cccc(OC)c1. The lowest BCUT2D eigenvalue weighted by molar-refractivity contribution is -0.142. The summed E-state index contributed by atoms with van der Waals surface area (Å²) < 4.78 is 15.1. The van der Waals surface area contributed by atoms with Crippen LogP contribution >= 0.6 is 0 Å². The maximum absolute atomic E-state index is 12.5. The van der Waals surface area contributed by atoms with Crippen LogP contribution in [-0.4, -0.2) is 33.1 Å². The molecule has 0 radical (unpaired) electrons. The van der Waals surface area contributed by atoms with E-state index < -0.39 is 11.9 Å². The first kappa shape index (κ1) is 17.5. The van der Waals surface area contributed by atoms with Crippen LogP contribution < -0.4 is 9.47 Å². The Bertz CT molecular complexity index is 706. The molecule has 0 aliphatic rings. The summed E-state index contributed by atoms with van der Waals surface area (Å²) in [6.45, 7) is 0. The molecular formula is C19H20O5. The lowest BCUT2D eigenvalue weighted by Gasteiger charge is -2.15. The molecule has 0 saturated carbocycles. The lowest BCUT2D eigenvalue weighted by Crippen LogP contribution is -2.18. The molecule has 0 spiro atoms. The molecule has 2 aromatic carbocycles. The number of Topliss-reactive ketones (excluding diaryl/α,β-unsaturated/α-hetero) is 1. The molecule has 0 unspecified atom stereocenters. The second-order valence-corrected chi connectivity index (χ2v) is 5.21. The molecule has 0 aliphatic heterocycles. The van der Waals surface area contributed by atoms with Crippen LogP contribution in [0.5, 0.6) is 11.5 Å². The van der Waals surface area contributed by atoms with Crippen LogP contribution in [0.15, 0.2) is 48.5 Å². The van der Waals surface area contributed by atoms with Crippen LogP contribution in [0.2, 0.25) is 0 Å². The van der Waals surface area contributed by atoms with E-state index in [9.17, 15) is 9.59 Å². The third-order valence-corrected chi connectivity index (χ3v) is 3.78. The fraction of sp³-hybridized carbons (Fsp3) is 0.263. The van der Waals surface area contributed by atoms with Crippen LogP contribution in [0.1, 0.15) is 28.3 Å². The van der Waals surface area contributed by atoms with Crippen molar-refractivity contribution in [2.24, 2.45) is 0 Å². The Morgan fingerprint density at radius 3 is 2.17 bits per heavy atom. The Kier molecular flexibility index (Phi) is 5.95. The van der Waals surface area contributed by atoms with Crippen molar-refractivity contribution in [1.29, 1.82) is 0 Å². The third-order valence-electron chi connectivity index (χ3n) is 3.78. The van der Waals surface area contributed by atoms with E-state index in [1.54, 1.807) is 62.8 Å². The van der Waals surface area contributed by atoms with Crippen molar-refractivity contribution in [2.45, 2.75) is 12.3 Å². The minimum atomic E-state index is -0.681. The Morgan fingerprint density at radius 2 is 1.58 bits per heavy atom. The van der Waals surface area contributed by atoms with Crippen molar-refractivity contribution in [3.63, 3.8) is 0 Å². The van der Waals surface area contributed by atoms with Gasteiger partial charge in [0.1, 0.15) is 11.5 Å². The maximum Gasteiger partial charge on any atom is 0.313 e. The highest BCUT2D eigenvalue weighted by molar-refractivity contribution is 5.99. The smallest absolute Gasteiger partial charge is 0.313 e. The zero-order valence-electron chi connectivity index (χ0n) is 13.9. The number of carbonyl (C=O) groups is 2. The van der Waals surface area contributed by atoms with Gasteiger partial charge in [0.25, 0.3) is 0 Å². The molecule has 0 aromatic heterocycles. The lowest BCUT2D eigenvalue weighted by atomic mass is 9.91. The molecule has 0 amide bonds. The second-order valence-electron chi connectivity index (χ2n) is 5.21. The van der Waals surface area contributed by atoms with Crippen molar-refractivity contribution in [1.82, 2.24) is 0 Å². The number of esters is 1. The first-order valence-electron chi connectivity index (χ1n) is 7.48. The summed E-state index contributed by atoms with van der Waals surface area (Å²) >= 11 is 0. The molecule has 1 atom stereocenters. The van der Waals surface area contributed by atoms with Crippen LogP contribution in [0.25, 0.3) is 0 Å². The van der Waals surface area contributed by atoms with Gasteiger partial charge in [-0.15, -0.1) is 0 Å². The number of ether oxygens (including phenoxy) is 3. The van der Waals surface area contributed by atoms with Crippen LogP contribution in [0.4, 0.5) is 0 Å². The molecular weight excluding hydrogens is 308 g/mol. The van der Waals surface area contributed by atoms with E-state index in [4.69, 9.17) is 14.2 Å². The van der Waals surface area contributed by atoms with E-state index in [0.29, 0.717) is 22.6 Å². The highest BCUT2D eigenvalue weighted by Gasteiger charge is 2.25. The summed E-state index contributed by atoms with van der Waals surface area (Å²) in [5.74, 6) is 0.0165. The molecule has 2 aromatic rings. The van der Waals surface area contributed by atoms with Gasteiger partial charge in [-0.05, 0) is 42.0 Å². The Morgan fingerprint density at radius 1 is 0.917 bits per heavy atom. The number of hydrogen-bond donors (Lipinski definition) is 0. The topological polar surface area (TPSA) is 61.8 Å². The second kappa shape index (κ2) is 8.15. The average molecular weight is 328 g/mol. The highest BCUT2D eigenvalue weighted by Crippen LogP contribution is 2.27. The van der Waals surface area contributed by atoms with Gasteiger partial charge in [-0.3, -0.25) is 9.59 Å². The van der Waals surface area contributed by atoms with Crippen molar-refractivity contribution < 1.29 is 23.8 Å². The molecule has 0 bridgehead atoms. The van der Waals surface area contributed by atoms with E-state index in [2.05, 4.69) is 0 Å². The summed E-state index contributed by atoms with van der Waals surface area (Å²) in [7, 11) is 4.43. The summed E-state index contributed by atoms with van der Waals surface area (Å²) in [4.78, 5) is 24.7. The summed E-state index contributed by atoms with van der Waals surface area (Å²) in [6, 6.07) is 13.9. The van der Waals surface area contributed by atoms with Gasteiger partial charge in [0.2, 0.25) is 0 Å². The summed E-state index contributed by atoms with van der Waals surface area (Å²) in [5, 5.41) is 0. The molecule has 0 saturated heterocycles. The number of hydrogen-bond acceptors (Lipinski definition) is 5. The average Bonchev–Trinajstić information content (AvgIpc) is 2.65. The standard InChI is InChI=1S/C19H20O5/c1-22-15-9-7-13(8-10-15)18(20)12-17(19(21)24-3)14-5-4-6-16(11-14)23-2/h4-11,17H,12H2,1-3H3/t17-/m1/s1. The van der Waals surface area contributed by atoms with E-state index in [1.807, 2.05) is 0 Å². The van der Waals surface area contributed by atoms with Crippen molar-refractivity contribution >= 4 is 11.8 Å². The number of ketones is 1. The molecule has 5 nitrogen and oxygen atoms in total. The third kappa shape index (κ3) is 4.13. The monoisotopic (exact) mass is 328 g/mol. The normalized spacial score (nSPS) is 11.5. The first-order chi connectivity index (χ1) is 11.6. The van der Waals surface area contributed by atoms with Gasteiger partial charge in [-0.1, -0.05) is 12.1 Å². The largest absolute Gasteiger partial charge is 0.497 e. The van der Waals surface area contributed by atoms with Gasteiger partial charge >= 0.3 is 5.97 Å². The molecule has 24 heavy (non-hydrogen) atoms. The van der Waals surface area contributed by atoms with Crippen molar-refractivity contribution in [3.8, 4) is 11.5 Å². The van der Waals surface area contributed by atoms with Gasteiger partial charge in [-0.2, -0.15) is 0 Å². The van der Waals surface area contributed by atoms with Crippen molar-refractivity contribution in [2.75, 3.05) is 21.3 Å². The minimum absolute atomic E-state index is 0.0200. The Labute approximate surface area is 141 Å². The fourth-order valence-corrected chi connectivity index (χ4v) is 2.42. The van der Waals surface area contributed by atoms with E-state index >= 15 is 0 Å². The molecule has 126 valence electrons. The molecule has 5 heteroatoms. The quantitative estimate of drug-likeness (QED) is 0.577. The predicted molar refractivity (Wildman–Crippen MR) is 89.7 cm³/mol. The van der Waals surface area contributed by atoms with E-state index in [0.717, 1.165) is 0 Å². The fourth-order valence-electron chi connectivity index (χ4n) is 2.42. The minimum Gasteiger partial charge on any atom is -0.497 e. The maximum atomic E-state index is 12.5. The molecule has 0 fully saturated rings. The molecule has 2 rings (SSSR count). The number of carbonyl (C=O) groups excluding carboxylic acids is 2. The van der Waals surface area contributed by atoms with Crippen molar-refractivity contribution in [3.05, 3.63) is 59.7 Å². The Balaban J connectivity index is 2.24. The zero-order valence-corrected chi connectivity index (χ0v) is 13.9. The number of benzene rings is 2. The predicted octanol–water partition coefficient (Wildman–Crippen LogP) is 3.23. The number of methoxy groups -OCH3 is 3. The Hall–Kier alpha value is -2.82. The first-order valence-corrected chi connectivity index (χ1v) is 7.48. The summed E-state index contributed by atoms with van der Waals surface area (Å²) in [6.07, 6.45) is 0.0200. The summed E-state index contributed by atoms with van der Waals surface area (Å²) in [5.41, 5.74) is 1.20. The van der Waals surface area contributed by atoms with E-state index in [1.165, 1.54) is 7.11 Å². The van der Waals surface area contributed by atoms with Gasteiger partial charge in [0, 0.05) is 12.0 Å². The van der Waals surface area contributed by atoms with Gasteiger partial charge in [-0.25, -0.2) is 0 Å². The highest BCUT2D eigenvalue weighted by atomic mass is 16.5. The van der Waals surface area contributed by atoms with Gasteiger partial charge in [0.15, 0.2) is 5.78 Å². The van der Waals surface area contributed by atoms with Crippen LogP contribution in [0, 0.1) is 0 Å². The van der Waals surface area contributed by atoms with Crippen LogP contribution in [0.3, 0.4) is 0 Å². The molecule has 0 heterocycles. The van der Waals surface area contributed by atoms with E-state index in [-0.39, 0.29) is 12.2 Å². The zero-order chi connectivity index (χ0) is 17.5. The van der Waals surface area contributed by atoms with Gasteiger partial charge in [0.05, 0.1) is 27.2 Å². The molecule has 0 aliphatic carbocycles. The van der Waals surface area contributed by atoms with Crippen LogP contribution in [-0.2, 0) is 9.53 Å². The molecule has 0 N–H and O–H groups in total.